The Labute approximate surface area is 163 Å². The Hall–Kier alpha value is -1.76. The van der Waals surface area contributed by atoms with Crippen LogP contribution in [0.2, 0.25) is 0 Å². The molecule has 134 valence electrons. The first-order valence-electron chi connectivity index (χ1n) is 8.69. The van der Waals surface area contributed by atoms with Crippen LogP contribution >= 0.6 is 22.6 Å². The molecule has 0 aromatic heterocycles. The summed E-state index contributed by atoms with van der Waals surface area (Å²) >= 11 is 2.25. The normalized spacial score (nSPS) is 10.3. The van der Waals surface area contributed by atoms with Crippen molar-refractivity contribution in [3.8, 4) is 5.75 Å². The van der Waals surface area contributed by atoms with E-state index in [0.29, 0.717) is 0 Å². The van der Waals surface area contributed by atoms with Gasteiger partial charge in [0.15, 0.2) is 0 Å². The summed E-state index contributed by atoms with van der Waals surface area (Å²) in [5.41, 5.74) is 1.70. The smallest absolute Gasteiger partial charge is 0.243 e. The third-order valence-electron chi connectivity index (χ3n) is 3.70. The van der Waals surface area contributed by atoms with Crippen molar-refractivity contribution in [2.24, 2.45) is 0 Å². The largest absolute Gasteiger partial charge is 0.494 e. The average Bonchev–Trinajstić information content (AvgIpc) is 2.62. The van der Waals surface area contributed by atoms with E-state index >= 15 is 0 Å². The standard InChI is InChI=1S/C20H25IN2O2/c1-2-3-4-5-14-25-19-12-10-18(11-13-19)23-20(24)15-22-17-8-6-16(21)7-9-17/h6-13,22H,2-5,14-15H2,1H3,(H,23,24). The number of unbranched alkanes of at least 4 members (excludes halogenated alkanes) is 3. The molecule has 2 rings (SSSR count). The van der Waals surface area contributed by atoms with Gasteiger partial charge in [-0.3, -0.25) is 4.79 Å². The number of amides is 1. The summed E-state index contributed by atoms with van der Waals surface area (Å²) < 4.78 is 6.87. The second-order valence-electron chi connectivity index (χ2n) is 5.84. The van der Waals surface area contributed by atoms with Crippen molar-refractivity contribution in [2.75, 3.05) is 23.8 Å². The van der Waals surface area contributed by atoms with Gasteiger partial charge < -0.3 is 15.4 Å². The van der Waals surface area contributed by atoms with Crippen LogP contribution in [0.4, 0.5) is 11.4 Å². The van der Waals surface area contributed by atoms with Gasteiger partial charge in [-0.2, -0.15) is 0 Å². The van der Waals surface area contributed by atoms with Crippen molar-refractivity contribution in [1.29, 1.82) is 0 Å². The molecular weight excluding hydrogens is 427 g/mol. The first-order valence-corrected chi connectivity index (χ1v) is 9.77. The van der Waals surface area contributed by atoms with E-state index in [1.54, 1.807) is 0 Å². The molecule has 0 unspecified atom stereocenters. The molecule has 0 bridgehead atoms. The highest BCUT2D eigenvalue weighted by molar-refractivity contribution is 14.1. The van der Waals surface area contributed by atoms with Gasteiger partial charge in [-0.15, -0.1) is 0 Å². The Bertz CT molecular complexity index is 642. The molecule has 0 aliphatic heterocycles. The summed E-state index contributed by atoms with van der Waals surface area (Å²) in [5, 5.41) is 5.98. The van der Waals surface area contributed by atoms with Gasteiger partial charge in [-0.25, -0.2) is 0 Å². The molecule has 1 amide bonds. The van der Waals surface area contributed by atoms with E-state index in [2.05, 4.69) is 40.1 Å². The van der Waals surface area contributed by atoms with E-state index in [9.17, 15) is 4.79 Å². The lowest BCUT2D eigenvalue weighted by molar-refractivity contribution is -0.114. The monoisotopic (exact) mass is 452 g/mol. The van der Waals surface area contributed by atoms with E-state index < -0.39 is 0 Å². The van der Waals surface area contributed by atoms with E-state index in [0.717, 1.165) is 30.2 Å². The molecule has 5 heteroatoms. The number of anilines is 2. The van der Waals surface area contributed by atoms with Crippen molar-refractivity contribution in [3.05, 3.63) is 52.1 Å². The Kier molecular flexibility index (Phi) is 8.59. The highest BCUT2D eigenvalue weighted by atomic mass is 127. The molecule has 0 fully saturated rings. The minimum absolute atomic E-state index is 0.0771. The van der Waals surface area contributed by atoms with Crippen molar-refractivity contribution < 1.29 is 9.53 Å². The third-order valence-corrected chi connectivity index (χ3v) is 4.42. The summed E-state index contributed by atoms with van der Waals surface area (Å²) in [4.78, 5) is 12.0. The van der Waals surface area contributed by atoms with Gasteiger partial charge in [0.25, 0.3) is 0 Å². The second kappa shape index (κ2) is 11.0. The number of rotatable bonds is 10. The van der Waals surface area contributed by atoms with Gasteiger partial charge in [0.2, 0.25) is 5.91 Å². The second-order valence-corrected chi connectivity index (χ2v) is 7.09. The maximum atomic E-state index is 12.0. The van der Waals surface area contributed by atoms with Crippen LogP contribution < -0.4 is 15.4 Å². The van der Waals surface area contributed by atoms with Crippen LogP contribution in [-0.4, -0.2) is 19.1 Å². The van der Waals surface area contributed by atoms with E-state index in [1.165, 1.54) is 22.8 Å². The van der Waals surface area contributed by atoms with Crippen molar-refractivity contribution >= 4 is 39.9 Å². The molecule has 4 nitrogen and oxygen atoms in total. The Balaban J connectivity index is 1.70. The lowest BCUT2D eigenvalue weighted by Gasteiger charge is -2.09. The fourth-order valence-corrected chi connectivity index (χ4v) is 2.67. The van der Waals surface area contributed by atoms with E-state index in [4.69, 9.17) is 4.74 Å². The molecule has 25 heavy (non-hydrogen) atoms. The highest BCUT2D eigenvalue weighted by Crippen LogP contribution is 2.16. The van der Waals surface area contributed by atoms with Crippen LogP contribution in [0, 0.1) is 3.57 Å². The molecule has 0 atom stereocenters. The number of nitrogens with one attached hydrogen (secondary N) is 2. The topological polar surface area (TPSA) is 50.4 Å². The number of hydrogen-bond acceptors (Lipinski definition) is 3. The summed E-state index contributed by atoms with van der Waals surface area (Å²) in [6.07, 6.45) is 4.77. The van der Waals surface area contributed by atoms with Crippen LogP contribution in [-0.2, 0) is 4.79 Å². The molecule has 0 saturated carbocycles. The molecule has 0 saturated heterocycles. The van der Waals surface area contributed by atoms with Crippen LogP contribution in [0.3, 0.4) is 0 Å². The fraction of sp³-hybridized carbons (Fsp3) is 0.350. The summed E-state index contributed by atoms with van der Waals surface area (Å²) in [6, 6.07) is 15.4. The number of halogens is 1. The summed E-state index contributed by atoms with van der Waals surface area (Å²) in [6.45, 7) is 3.17. The zero-order chi connectivity index (χ0) is 17.9. The zero-order valence-electron chi connectivity index (χ0n) is 14.6. The Morgan fingerprint density at radius 1 is 0.960 bits per heavy atom. The van der Waals surface area contributed by atoms with Crippen molar-refractivity contribution in [2.45, 2.75) is 32.6 Å². The van der Waals surface area contributed by atoms with Crippen molar-refractivity contribution in [3.63, 3.8) is 0 Å². The van der Waals surface area contributed by atoms with E-state index in [-0.39, 0.29) is 12.5 Å². The van der Waals surface area contributed by atoms with Crippen LogP contribution in [0.25, 0.3) is 0 Å². The number of carbonyl (C=O) groups excluding carboxylic acids is 1. The quantitative estimate of drug-likeness (QED) is 0.380. The number of carbonyl (C=O) groups is 1. The van der Waals surface area contributed by atoms with E-state index in [1.807, 2.05) is 48.5 Å². The molecule has 0 aliphatic rings. The third kappa shape index (κ3) is 7.77. The number of hydrogen-bond donors (Lipinski definition) is 2. The number of ether oxygens (including phenoxy) is 1. The average molecular weight is 452 g/mol. The fourth-order valence-electron chi connectivity index (χ4n) is 2.31. The minimum atomic E-state index is -0.0771. The lowest BCUT2D eigenvalue weighted by Crippen LogP contribution is -2.21. The predicted octanol–water partition coefficient (Wildman–Crippen LogP) is 5.30. The summed E-state index contributed by atoms with van der Waals surface area (Å²) in [7, 11) is 0. The van der Waals surface area contributed by atoms with Gasteiger partial charge >= 0.3 is 0 Å². The molecular formula is C20H25IN2O2. The molecule has 2 aromatic carbocycles. The van der Waals surface area contributed by atoms with Gasteiger partial charge in [0.05, 0.1) is 13.2 Å². The van der Waals surface area contributed by atoms with Gasteiger partial charge in [-0.05, 0) is 77.5 Å². The number of benzene rings is 2. The van der Waals surface area contributed by atoms with Gasteiger partial charge in [0, 0.05) is 14.9 Å². The first-order chi connectivity index (χ1) is 12.2. The molecule has 0 heterocycles. The molecule has 0 radical (unpaired) electrons. The van der Waals surface area contributed by atoms with Crippen molar-refractivity contribution in [1.82, 2.24) is 0 Å². The van der Waals surface area contributed by atoms with Crippen LogP contribution in [0.15, 0.2) is 48.5 Å². The molecule has 0 spiro atoms. The lowest BCUT2D eigenvalue weighted by atomic mass is 10.2. The maximum absolute atomic E-state index is 12.0. The van der Waals surface area contributed by atoms with Crippen LogP contribution in [0.5, 0.6) is 5.75 Å². The predicted molar refractivity (Wildman–Crippen MR) is 112 cm³/mol. The Morgan fingerprint density at radius 3 is 2.32 bits per heavy atom. The SMILES string of the molecule is CCCCCCOc1ccc(NC(=O)CNc2ccc(I)cc2)cc1. The molecule has 2 N–H and O–H groups in total. The van der Waals surface area contributed by atoms with Crippen LogP contribution in [0.1, 0.15) is 32.6 Å². The first kappa shape index (κ1) is 19.6. The Morgan fingerprint density at radius 2 is 1.64 bits per heavy atom. The van der Waals surface area contributed by atoms with Gasteiger partial charge in [-0.1, -0.05) is 26.2 Å². The highest BCUT2D eigenvalue weighted by Gasteiger charge is 2.03. The molecule has 0 aliphatic carbocycles. The summed E-state index contributed by atoms with van der Waals surface area (Å²) in [5.74, 6) is 0.762. The molecule has 2 aromatic rings. The van der Waals surface area contributed by atoms with Gasteiger partial charge in [0.1, 0.15) is 5.75 Å². The minimum Gasteiger partial charge on any atom is -0.494 e. The maximum Gasteiger partial charge on any atom is 0.243 e. The zero-order valence-corrected chi connectivity index (χ0v) is 16.7.